The fraction of sp³-hybridized carbons (Fsp3) is 0.200. The Kier molecular flexibility index (Phi) is 6.86. The molecule has 0 saturated carbocycles. The highest BCUT2D eigenvalue weighted by Crippen LogP contribution is 2.35. The summed E-state index contributed by atoms with van der Waals surface area (Å²) >= 11 is 0. The van der Waals surface area contributed by atoms with Crippen molar-refractivity contribution in [1.82, 2.24) is 0 Å². The topological polar surface area (TPSA) is 61.8 Å². The monoisotopic (exact) mass is 404 g/mol. The van der Waals surface area contributed by atoms with Crippen molar-refractivity contribution in [2.24, 2.45) is 0 Å². The Labute approximate surface area is 176 Å². The molecule has 154 valence electrons. The van der Waals surface area contributed by atoms with E-state index in [0.29, 0.717) is 11.3 Å². The van der Waals surface area contributed by atoms with E-state index in [9.17, 15) is 9.59 Å². The highest BCUT2D eigenvalue weighted by atomic mass is 16.6. The second kappa shape index (κ2) is 9.74. The standard InChI is InChI=1S/C25H24O5/c1-25(21-15-9-10-16-22(21)28-2,23(26)29-17-19-11-5-3-6-12-19)24(27)30-18-20-13-7-4-8-14-20/h3-16H,17-18H2,1-2H3. The number of carbonyl (C=O) groups is 2. The number of hydrogen-bond donors (Lipinski definition) is 0. The summed E-state index contributed by atoms with van der Waals surface area (Å²) in [5.74, 6) is -0.990. The molecule has 0 saturated heterocycles. The van der Waals surface area contributed by atoms with E-state index in [0.717, 1.165) is 11.1 Å². The van der Waals surface area contributed by atoms with Crippen molar-refractivity contribution in [3.05, 3.63) is 102 Å². The maximum absolute atomic E-state index is 13.2. The van der Waals surface area contributed by atoms with E-state index in [-0.39, 0.29) is 13.2 Å². The number of carbonyl (C=O) groups excluding carboxylic acids is 2. The van der Waals surface area contributed by atoms with E-state index < -0.39 is 17.4 Å². The van der Waals surface area contributed by atoms with Crippen LogP contribution in [0.15, 0.2) is 84.9 Å². The zero-order chi connectivity index (χ0) is 21.4. The van der Waals surface area contributed by atoms with Gasteiger partial charge in [-0.15, -0.1) is 0 Å². The average molecular weight is 404 g/mol. The van der Waals surface area contributed by atoms with Crippen LogP contribution >= 0.6 is 0 Å². The van der Waals surface area contributed by atoms with E-state index in [1.54, 1.807) is 24.3 Å². The molecule has 0 heterocycles. The van der Waals surface area contributed by atoms with Gasteiger partial charge in [-0.1, -0.05) is 78.9 Å². The summed E-state index contributed by atoms with van der Waals surface area (Å²) in [5, 5.41) is 0. The first kappa shape index (κ1) is 21.1. The first-order valence-corrected chi connectivity index (χ1v) is 9.61. The normalized spacial score (nSPS) is 10.9. The molecule has 30 heavy (non-hydrogen) atoms. The average Bonchev–Trinajstić information content (AvgIpc) is 2.81. The third kappa shape index (κ3) is 4.69. The summed E-state index contributed by atoms with van der Waals surface area (Å²) in [6, 6.07) is 25.5. The van der Waals surface area contributed by atoms with Crippen molar-refractivity contribution in [1.29, 1.82) is 0 Å². The molecule has 0 N–H and O–H groups in total. The van der Waals surface area contributed by atoms with E-state index in [4.69, 9.17) is 14.2 Å². The lowest BCUT2D eigenvalue weighted by Crippen LogP contribution is -2.43. The van der Waals surface area contributed by atoms with Gasteiger partial charge in [0.05, 0.1) is 7.11 Å². The van der Waals surface area contributed by atoms with Crippen LogP contribution in [0.25, 0.3) is 0 Å². The third-order valence-corrected chi connectivity index (χ3v) is 4.89. The van der Waals surface area contributed by atoms with Crippen LogP contribution in [-0.4, -0.2) is 19.0 Å². The quantitative estimate of drug-likeness (QED) is 0.410. The summed E-state index contributed by atoms with van der Waals surface area (Å²) < 4.78 is 16.5. The van der Waals surface area contributed by atoms with Gasteiger partial charge in [0.1, 0.15) is 19.0 Å². The Morgan fingerprint density at radius 1 is 0.700 bits per heavy atom. The highest BCUT2D eigenvalue weighted by Gasteiger charge is 2.48. The van der Waals surface area contributed by atoms with Gasteiger partial charge in [0, 0.05) is 5.56 Å². The van der Waals surface area contributed by atoms with Gasteiger partial charge in [-0.3, -0.25) is 9.59 Å². The summed E-state index contributed by atoms with van der Waals surface area (Å²) in [6.45, 7) is 1.61. The molecule has 3 aromatic rings. The molecule has 3 rings (SSSR count). The van der Waals surface area contributed by atoms with Gasteiger partial charge >= 0.3 is 11.9 Å². The second-order valence-corrected chi connectivity index (χ2v) is 6.95. The molecule has 5 heteroatoms. The molecule has 0 aromatic heterocycles. The number of benzene rings is 3. The van der Waals surface area contributed by atoms with Crippen molar-refractivity contribution < 1.29 is 23.8 Å². The van der Waals surface area contributed by atoms with Gasteiger partial charge in [-0.25, -0.2) is 0 Å². The van der Waals surface area contributed by atoms with Crippen molar-refractivity contribution in [3.8, 4) is 5.75 Å². The third-order valence-electron chi connectivity index (χ3n) is 4.89. The number of rotatable bonds is 8. The van der Waals surface area contributed by atoms with Crippen LogP contribution in [0.5, 0.6) is 5.75 Å². The fourth-order valence-electron chi connectivity index (χ4n) is 3.10. The molecule has 0 bridgehead atoms. The minimum atomic E-state index is -1.68. The molecular weight excluding hydrogens is 380 g/mol. The van der Waals surface area contributed by atoms with Gasteiger partial charge in [0.25, 0.3) is 0 Å². The van der Waals surface area contributed by atoms with Crippen molar-refractivity contribution >= 4 is 11.9 Å². The zero-order valence-corrected chi connectivity index (χ0v) is 17.0. The SMILES string of the molecule is COc1ccccc1C(C)(C(=O)OCc1ccccc1)C(=O)OCc1ccccc1. The summed E-state index contributed by atoms with van der Waals surface area (Å²) in [6.07, 6.45) is 0. The number of ether oxygens (including phenoxy) is 3. The van der Waals surface area contributed by atoms with Gasteiger partial charge in [-0.05, 0) is 24.1 Å². The summed E-state index contributed by atoms with van der Waals surface area (Å²) in [7, 11) is 1.49. The Morgan fingerprint density at radius 2 is 1.13 bits per heavy atom. The van der Waals surface area contributed by atoms with Gasteiger partial charge in [0.2, 0.25) is 0 Å². The Morgan fingerprint density at radius 3 is 1.60 bits per heavy atom. The zero-order valence-electron chi connectivity index (χ0n) is 17.0. The molecular formula is C25H24O5. The van der Waals surface area contributed by atoms with Crippen molar-refractivity contribution in [3.63, 3.8) is 0 Å². The fourth-order valence-corrected chi connectivity index (χ4v) is 3.10. The number of para-hydroxylation sites is 1. The lowest BCUT2D eigenvalue weighted by molar-refractivity contribution is -0.166. The molecule has 0 fully saturated rings. The van der Waals surface area contributed by atoms with Crippen LogP contribution in [-0.2, 0) is 37.7 Å². The van der Waals surface area contributed by atoms with Crippen LogP contribution in [0.4, 0.5) is 0 Å². The lowest BCUT2D eigenvalue weighted by atomic mass is 9.81. The van der Waals surface area contributed by atoms with E-state index >= 15 is 0 Å². The second-order valence-electron chi connectivity index (χ2n) is 6.95. The van der Waals surface area contributed by atoms with Crippen molar-refractivity contribution in [2.75, 3.05) is 7.11 Å². The molecule has 0 aliphatic heterocycles. The molecule has 0 atom stereocenters. The highest BCUT2D eigenvalue weighted by molar-refractivity contribution is 6.06. The van der Waals surface area contributed by atoms with Crippen LogP contribution < -0.4 is 4.74 Å². The van der Waals surface area contributed by atoms with E-state index in [1.165, 1.54) is 14.0 Å². The largest absolute Gasteiger partial charge is 0.496 e. The summed E-state index contributed by atoms with van der Waals surface area (Å²) in [4.78, 5) is 26.4. The molecule has 0 aliphatic carbocycles. The predicted molar refractivity (Wildman–Crippen MR) is 113 cm³/mol. The lowest BCUT2D eigenvalue weighted by Gasteiger charge is -2.27. The minimum Gasteiger partial charge on any atom is -0.496 e. The number of methoxy groups -OCH3 is 1. The van der Waals surface area contributed by atoms with Crippen LogP contribution in [0, 0.1) is 0 Å². The van der Waals surface area contributed by atoms with Crippen molar-refractivity contribution in [2.45, 2.75) is 25.6 Å². The molecule has 0 unspecified atom stereocenters. The first-order chi connectivity index (χ1) is 14.6. The van der Waals surface area contributed by atoms with E-state index in [1.807, 2.05) is 60.7 Å². The molecule has 0 aliphatic rings. The molecule has 0 spiro atoms. The van der Waals surface area contributed by atoms with Crippen LogP contribution in [0.3, 0.4) is 0 Å². The smallest absolute Gasteiger partial charge is 0.328 e. The van der Waals surface area contributed by atoms with Gasteiger partial charge in [-0.2, -0.15) is 0 Å². The Hall–Kier alpha value is -3.60. The minimum absolute atomic E-state index is 0.0520. The Balaban J connectivity index is 1.87. The number of hydrogen-bond acceptors (Lipinski definition) is 5. The van der Waals surface area contributed by atoms with Gasteiger partial charge in [0.15, 0.2) is 5.41 Å². The molecule has 0 amide bonds. The predicted octanol–water partition coefficient (Wildman–Crippen LogP) is 4.44. The Bertz CT molecular complexity index is 927. The maximum Gasteiger partial charge on any atom is 0.328 e. The van der Waals surface area contributed by atoms with Gasteiger partial charge < -0.3 is 14.2 Å². The van der Waals surface area contributed by atoms with Crippen LogP contribution in [0.1, 0.15) is 23.6 Å². The number of esters is 2. The maximum atomic E-state index is 13.2. The molecule has 3 aromatic carbocycles. The molecule has 5 nitrogen and oxygen atoms in total. The van der Waals surface area contributed by atoms with E-state index in [2.05, 4.69) is 0 Å². The first-order valence-electron chi connectivity index (χ1n) is 9.61. The summed E-state index contributed by atoms with van der Waals surface area (Å²) in [5.41, 5.74) is 0.358. The van der Waals surface area contributed by atoms with Crippen LogP contribution in [0.2, 0.25) is 0 Å². The molecule has 0 radical (unpaired) electrons.